The van der Waals surface area contributed by atoms with Crippen molar-refractivity contribution in [3.05, 3.63) is 121 Å². The molecular weight excluding hydrogens is 747 g/mol. The van der Waals surface area contributed by atoms with Crippen molar-refractivity contribution in [3.63, 3.8) is 0 Å². The number of ether oxygens (including phenoxy) is 1. The zero-order valence-electron chi connectivity index (χ0n) is 27.0. The van der Waals surface area contributed by atoms with Crippen LogP contribution in [0, 0.1) is 0 Å². The maximum atomic E-state index is 11.6. The van der Waals surface area contributed by atoms with E-state index in [2.05, 4.69) is 148 Å². The molecule has 0 heterocycles. The Morgan fingerprint density at radius 1 is 0.723 bits per heavy atom. The number of alkyl halides is 2. The molecule has 2 atom stereocenters. The van der Waals surface area contributed by atoms with Crippen LogP contribution in [0.15, 0.2) is 121 Å². The molecule has 0 aromatic heterocycles. The van der Waals surface area contributed by atoms with Gasteiger partial charge in [0.2, 0.25) is 0 Å². The molecule has 11 heteroatoms. The minimum absolute atomic E-state index is 0.361. The zero-order chi connectivity index (χ0) is 35.3. The second-order valence-corrected chi connectivity index (χ2v) is 15.0. The topological polar surface area (TPSA) is 75.6 Å². The Morgan fingerprint density at radius 3 is 1.15 bits per heavy atom. The first-order valence-corrected chi connectivity index (χ1v) is 20.7. The number of aliphatic hydroxyl groups excluding tert-OH is 1. The first-order chi connectivity index (χ1) is 22.9. The third kappa shape index (κ3) is 19.9. The molecule has 0 aliphatic carbocycles. The molecule has 5 nitrogen and oxygen atoms in total. The third-order valence-electron chi connectivity index (χ3n) is 6.37. The standard InChI is InChI=1S/C28H29NP2.C4H7FO2.C3H7FO.CHO.ClH.Ru.H/c1-5-13-25(14-6-1)30(26-15-7-2-8-16-26)23-21-29-22-24-31(27-17-9-3-10-18-27)28-19-11-4-12-20-28;1-3(5)4(6)7-2;1-3(4)2-5;1-2;;;/h1-20,29H,21-24H2;3H,1-2H3;3,5H,2H2,1H3;1H;1H;;/q;;;-1;;+3;/p+1/t;2*3-;;;;/m.11..../s1. The van der Waals surface area contributed by atoms with Crippen LogP contribution in [-0.2, 0) is 31.6 Å². The van der Waals surface area contributed by atoms with Crippen molar-refractivity contribution < 1.29 is 45.5 Å². The van der Waals surface area contributed by atoms with Crippen molar-refractivity contribution in [2.45, 2.75) is 26.2 Å². The number of carbonyl (C=O) groups is 1. The average molecular weight is 794 g/mol. The van der Waals surface area contributed by atoms with E-state index >= 15 is 0 Å². The van der Waals surface area contributed by atoms with Crippen LogP contribution < -0.4 is 26.5 Å². The van der Waals surface area contributed by atoms with Gasteiger partial charge in [0.15, 0.2) is 6.17 Å². The Hall–Kier alpha value is -2.43. The van der Waals surface area contributed by atoms with Crippen molar-refractivity contribution >= 4 is 59.5 Å². The van der Waals surface area contributed by atoms with Crippen molar-refractivity contribution in [2.24, 2.45) is 0 Å². The van der Waals surface area contributed by atoms with Gasteiger partial charge in [0.1, 0.15) is 6.17 Å². The first-order valence-electron chi connectivity index (χ1n) is 14.9. The number of aliphatic hydroxyl groups is 1. The minimum Gasteiger partial charge on any atom is -0.310 e. The summed E-state index contributed by atoms with van der Waals surface area (Å²) < 4.78 is 26.8. The van der Waals surface area contributed by atoms with Crippen LogP contribution in [-0.4, -0.2) is 69.3 Å². The fraction of sp³-hybridized carbons (Fsp3) is 0.278. The molecule has 0 saturated carbocycles. The predicted molar refractivity (Wildman–Crippen MR) is 198 cm³/mol. The summed E-state index contributed by atoms with van der Waals surface area (Å²) in [5.74, 6) is -0.819. The van der Waals surface area contributed by atoms with Gasteiger partial charge in [0, 0.05) is 13.1 Å². The Balaban J connectivity index is 0.00000111. The molecule has 0 amide bonds. The third-order valence-corrected chi connectivity index (χ3v) is 12.0. The van der Waals surface area contributed by atoms with Crippen molar-refractivity contribution in [1.82, 2.24) is 5.32 Å². The smallest absolute Gasteiger partial charge is 0.0967 e. The summed E-state index contributed by atoms with van der Waals surface area (Å²) in [6, 6.07) is 44.2. The summed E-state index contributed by atoms with van der Waals surface area (Å²) in [6.45, 7) is 7.46. The summed E-state index contributed by atoms with van der Waals surface area (Å²) in [7, 11) is 4.24. The molecular formula is C36H47ClF2NO4P2Ru+3. The van der Waals surface area contributed by atoms with E-state index in [-0.39, 0.29) is 6.61 Å². The van der Waals surface area contributed by atoms with E-state index in [0.717, 1.165) is 27.1 Å². The summed E-state index contributed by atoms with van der Waals surface area (Å²) in [4.78, 5) is 17.7. The van der Waals surface area contributed by atoms with E-state index in [1.807, 2.05) is 0 Å². The Kier molecular flexibility index (Phi) is 28.2. The number of hydrogen-bond acceptors (Lipinski definition) is 5. The summed E-state index contributed by atoms with van der Waals surface area (Å²) in [5, 5.41) is 17.5. The molecule has 0 saturated heterocycles. The molecule has 2 N–H and O–H groups in total. The largest absolute Gasteiger partial charge is 0.310 e. The monoisotopic (exact) mass is 794 g/mol. The molecule has 0 bridgehead atoms. The molecule has 0 fully saturated rings. The molecule has 0 aliphatic heterocycles. The number of halogens is 3. The van der Waals surface area contributed by atoms with Crippen LogP contribution in [0.25, 0.3) is 0 Å². The zero-order valence-corrected chi connectivity index (χ0v) is 31.6. The molecule has 0 unspecified atom stereocenters. The second-order valence-electron chi connectivity index (χ2n) is 9.77. The van der Waals surface area contributed by atoms with Gasteiger partial charge in [-0.15, -0.1) is 0 Å². The van der Waals surface area contributed by atoms with Crippen LogP contribution in [0.4, 0.5) is 8.78 Å². The molecule has 0 spiro atoms. The first kappa shape index (κ1) is 44.6. The van der Waals surface area contributed by atoms with Crippen LogP contribution in [0.2, 0.25) is 0 Å². The molecule has 4 rings (SSSR count). The SMILES string of the molecule is COC(=O)[C@@H](C)F.C[C@@H](F)CO.[CH-]=O.[Cl][RuH+2].c1ccc([PH+](CCNCC[PH+](c2ccccc2)c2ccccc2)c2ccccc2)cc1. The minimum atomic E-state index is -1.50. The fourth-order valence-corrected chi connectivity index (χ4v) is 9.24. The van der Waals surface area contributed by atoms with Crippen LogP contribution in [0.1, 0.15) is 13.8 Å². The van der Waals surface area contributed by atoms with Gasteiger partial charge in [-0.1, -0.05) is 72.8 Å². The molecule has 256 valence electrons. The molecule has 4 aromatic carbocycles. The van der Waals surface area contributed by atoms with Gasteiger partial charge >= 0.3 is 33.0 Å². The van der Waals surface area contributed by atoms with Crippen LogP contribution >= 0.6 is 25.5 Å². The molecule has 4 aromatic rings. The van der Waals surface area contributed by atoms with Crippen molar-refractivity contribution in [1.29, 1.82) is 0 Å². The fourth-order valence-electron chi connectivity index (χ4n) is 4.18. The van der Waals surface area contributed by atoms with Crippen LogP contribution in [0.5, 0.6) is 0 Å². The molecule has 47 heavy (non-hydrogen) atoms. The Morgan fingerprint density at radius 2 is 0.979 bits per heavy atom. The van der Waals surface area contributed by atoms with E-state index in [1.54, 1.807) is 17.3 Å². The number of hydrogen-bond donors (Lipinski definition) is 2. The summed E-state index contributed by atoms with van der Waals surface area (Å²) in [5.41, 5.74) is 0. The second kappa shape index (κ2) is 29.7. The normalized spacial score (nSPS) is 11.1. The molecule has 0 aliphatic rings. The number of benzene rings is 4. The van der Waals surface area contributed by atoms with Gasteiger partial charge in [0.05, 0.1) is 63.1 Å². The van der Waals surface area contributed by atoms with Crippen LogP contribution in [0.3, 0.4) is 0 Å². The van der Waals surface area contributed by atoms with Gasteiger partial charge in [-0.25, -0.2) is 13.6 Å². The van der Waals surface area contributed by atoms with Crippen molar-refractivity contribution in [3.8, 4) is 0 Å². The van der Waals surface area contributed by atoms with E-state index in [4.69, 9.17) is 9.90 Å². The Bertz CT molecular complexity index is 1120. The van der Waals surface area contributed by atoms with E-state index in [1.165, 1.54) is 40.5 Å². The number of esters is 1. The number of rotatable bonds is 12. The number of methoxy groups -OCH3 is 1. The number of carbonyl (C=O) groups excluding carboxylic acids is 2. The maximum Gasteiger partial charge on any atom is 0.0967 e. The van der Waals surface area contributed by atoms with E-state index in [0.29, 0.717) is 0 Å². The molecule has 0 radical (unpaired) electrons. The van der Waals surface area contributed by atoms with Gasteiger partial charge in [0.25, 0.3) is 0 Å². The summed E-state index contributed by atoms with van der Waals surface area (Å²) >= 11 is 1.62. The predicted octanol–water partition coefficient (Wildman–Crippen LogP) is 5.31. The quantitative estimate of drug-likeness (QED) is 0.0509. The van der Waals surface area contributed by atoms with E-state index < -0.39 is 34.2 Å². The van der Waals surface area contributed by atoms with Gasteiger partial charge in [-0.2, -0.15) is 0 Å². The summed E-state index contributed by atoms with van der Waals surface area (Å²) in [6.07, 6.45) is -0.144. The van der Waals surface area contributed by atoms with Gasteiger partial charge in [-0.3, -0.25) is 6.79 Å². The number of nitrogens with one attached hydrogen (secondary N) is 1. The maximum absolute atomic E-state index is 11.6. The van der Waals surface area contributed by atoms with Gasteiger partial charge < -0.3 is 20.0 Å². The van der Waals surface area contributed by atoms with Crippen molar-refractivity contribution in [2.75, 3.05) is 39.1 Å². The average Bonchev–Trinajstić information content (AvgIpc) is 3.14. The Labute approximate surface area is 295 Å². The van der Waals surface area contributed by atoms with Gasteiger partial charge in [-0.05, 0) is 62.4 Å². The van der Waals surface area contributed by atoms with E-state index in [9.17, 15) is 13.6 Å².